The van der Waals surface area contributed by atoms with E-state index < -0.39 is 194 Å². The molecule has 0 saturated carbocycles. The van der Waals surface area contributed by atoms with Crippen LogP contribution in [0.2, 0.25) is 0 Å². The van der Waals surface area contributed by atoms with Crippen molar-refractivity contribution >= 4 is 70.9 Å². The zero-order valence-corrected chi connectivity index (χ0v) is 57.1. The summed E-state index contributed by atoms with van der Waals surface area (Å²) < 4.78 is 6.45. The van der Waals surface area contributed by atoms with Gasteiger partial charge in [-0.05, 0) is 85.7 Å². The third-order valence-corrected chi connectivity index (χ3v) is 17.6. The molecule has 12 amide bonds. The Morgan fingerprint density at radius 2 is 1.03 bits per heavy atom. The number of rotatable bonds is 21. The van der Waals surface area contributed by atoms with Crippen molar-refractivity contribution in [3.63, 3.8) is 0 Å². The zero-order valence-electron chi connectivity index (χ0n) is 57.1. The normalized spacial score (nSPS) is 27.4. The number of phenolic OH excluding ortho intramolecular Hbond substituents is 1. The Labute approximate surface area is 588 Å². The van der Waals surface area contributed by atoms with E-state index in [-0.39, 0.29) is 88.4 Å². The van der Waals surface area contributed by atoms with Crippen molar-refractivity contribution in [2.45, 2.75) is 202 Å². The fourth-order valence-electron chi connectivity index (χ4n) is 12.1. The number of carbonyl (C=O) groups is 12. The third kappa shape index (κ3) is 23.0. The maximum absolute atomic E-state index is 15.3. The van der Waals surface area contributed by atoms with Crippen LogP contribution in [0.15, 0.2) is 91.1 Å². The molecule has 4 aromatic rings. The standard InChI is InChI=1S/C68H94N16O18/c1-35(2)27-44-60(93)79-49(30-38-15-9-6-10-16-38)67(100)84-26-12-18-50(84)65(98)78-47(31-40-33-83(82-81-40)34-51-55(88)56(89)57(90)68(101)102-51)62(95)76-45(28-37-13-7-5-8-14-37)61(94)77-48(32-53(71)87)63(96)72-43(23-24-52(70)86)59(92)75-46(29-39-19-21-41(85)22-20-39)64(97)80-54(36(3)4)66(99)73-42(17-11-25-69)58(91)74-44/h5-10,13-16,19-22,33,35-36,42-51,54-57,68,85,88-90,101H,11-12,17-18,23-32,34,69H2,1-4H3,(H2,70,86)(H2,71,87)(H,72,96)(H,73,99)(H,74,91)(H,75,92)(H,76,95)(H,77,94)(H,78,98)(H,79,93)(H,80,97)/t42-,43-,44-,45+,46-,47-,48-,49+,50-,51+,54-,55+,56-,57-,68?/m0/s1. The van der Waals surface area contributed by atoms with Crippen LogP contribution in [0, 0.1) is 11.8 Å². The van der Waals surface area contributed by atoms with Crippen LogP contribution in [0.4, 0.5) is 0 Å². The topological polar surface area (TPSA) is 536 Å². The van der Waals surface area contributed by atoms with E-state index in [0.29, 0.717) is 16.7 Å². The lowest BCUT2D eigenvalue weighted by Gasteiger charge is -2.38. The quantitative estimate of drug-likeness (QED) is 0.0371. The lowest BCUT2D eigenvalue weighted by molar-refractivity contribution is -0.284. The van der Waals surface area contributed by atoms with Crippen LogP contribution in [0.25, 0.3) is 0 Å². The number of phenols is 1. The minimum Gasteiger partial charge on any atom is -0.508 e. The summed E-state index contributed by atoms with van der Waals surface area (Å²) in [5.41, 5.74) is 18.5. The maximum atomic E-state index is 15.3. The number of primary amides is 2. The van der Waals surface area contributed by atoms with Crippen LogP contribution in [0.3, 0.4) is 0 Å². The summed E-state index contributed by atoms with van der Waals surface area (Å²) in [6, 6.07) is 6.54. The molecule has 1 unspecified atom stereocenters. The molecule has 3 saturated heterocycles. The van der Waals surface area contributed by atoms with Crippen molar-refractivity contribution in [3.8, 4) is 5.75 Å². The van der Waals surface area contributed by atoms with Gasteiger partial charge in [-0.3, -0.25) is 57.5 Å². The molecule has 3 aromatic carbocycles. The van der Waals surface area contributed by atoms with E-state index in [2.05, 4.69) is 58.2 Å². The van der Waals surface area contributed by atoms with Gasteiger partial charge in [-0.1, -0.05) is 106 Å². The van der Waals surface area contributed by atoms with Crippen molar-refractivity contribution < 1.29 is 87.8 Å². The van der Waals surface area contributed by atoms with Gasteiger partial charge in [0, 0.05) is 44.8 Å². The van der Waals surface area contributed by atoms with Crippen molar-refractivity contribution in [1.82, 2.24) is 67.7 Å². The Hall–Kier alpha value is -10.0. The highest BCUT2D eigenvalue weighted by Gasteiger charge is 2.45. The van der Waals surface area contributed by atoms with Crippen molar-refractivity contribution in [3.05, 3.63) is 114 Å². The lowest BCUT2D eigenvalue weighted by atomic mass is 9.99. The molecular weight excluding hydrogens is 1330 g/mol. The highest BCUT2D eigenvalue weighted by molar-refractivity contribution is 6.01. The van der Waals surface area contributed by atoms with Gasteiger partial charge in [0.2, 0.25) is 70.9 Å². The van der Waals surface area contributed by atoms with Gasteiger partial charge >= 0.3 is 0 Å². The first-order valence-electron chi connectivity index (χ1n) is 33.9. The van der Waals surface area contributed by atoms with E-state index in [4.69, 9.17) is 21.9 Å². The van der Waals surface area contributed by atoms with E-state index in [1.54, 1.807) is 88.4 Å². The molecule has 102 heavy (non-hydrogen) atoms. The summed E-state index contributed by atoms with van der Waals surface area (Å²) in [4.78, 5) is 175. The number of aromatic hydroxyl groups is 1. The number of hydrogen-bond donors (Lipinski definition) is 17. The molecule has 7 rings (SSSR count). The van der Waals surface area contributed by atoms with Crippen LogP contribution >= 0.6 is 0 Å². The smallest absolute Gasteiger partial charge is 0.246 e. The molecule has 0 bridgehead atoms. The summed E-state index contributed by atoms with van der Waals surface area (Å²) in [5.74, 6) is -12.9. The molecule has 4 heterocycles. The fraction of sp³-hybridized carbons (Fsp3) is 0.529. The van der Waals surface area contributed by atoms with Gasteiger partial charge < -0.3 is 100 Å². The Bertz CT molecular complexity index is 3570. The number of amides is 12. The van der Waals surface area contributed by atoms with Crippen LogP contribution in [0.5, 0.6) is 5.75 Å². The Morgan fingerprint density at radius 1 is 0.549 bits per heavy atom. The predicted molar refractivity (Wildman–Crippen MR) is 362 cm³/mol. The van der Waals surface area contributed by atoms with E-state index in [9.17, 15) is 68.7 Å². The molecule has 0 spiro atoms. The zero-order chi connectivity index (χ0) is 74.5. The minimum absolute atomic E-state index is 0.00768. The molecule has 3 aliphatic heterocycles. The molecule has 34 heteroatoms. The van der Waals surface area contributed by atoms with Gasteiger partial charge in [-0.2, -0.15) is 0 Å². The molecule has 3 fully saturated rings. The Morgan fingerprint density at radius 3 is 1.60 bits per heavy atom. The molecule has 34 nitrogen and oxygen atoms in total. The summed E-state index contributed by atoms with van der Waals surface area (Å²) in [6.45, 7) is 6.41. The number of nitrogens with zero attached hydrogens (tertiary/aromatic N) is 4. The van der Waals surface area contributed by atoms with Gasteiger partial charge in [0.15, 0.2) is 6.29 Å². The highest BCUT2D eigenvalue weighted by atomic mass is 16.6. The third-order valence-electron chi connectivity index (χ3n) is 17.6. The van der Waals surface area contributed by atoms with Gasteiger partial charge in [0.25, 0.3) is 0 Å². The number of nitrogens with two attached hydrogens (primary N) is 3. The van der Waals surface area contributed by atoms with Gasteiger partial charge in [0.05, 0.1) is 18.7 Å². The number of aromatic nitrogens is 3. The highest BCUT2D eigenvalue weighted by Crippen LogP contribution is 2.24. The second kappa shape index (κ2) is 37.6. The van der Waals surface area contributed by atoms with Gasteiger partial charge in [-0.25, -0.2) is 4.68 Å². The van der Waals surface area contributed by atoms with Crippen molar-refractivity contribution in [2.75, 3.05) is 13.1 Å². The van der Waals surface area contributed by atoms with E-state index in [1.807, 2.05) is 0 Å². The second-order valence-electron chi connectivity index (χ2n) is 26.6. The Balaban J connectivity index is 1.33. The number of fused-ring (bicyclic) bond motifs is 1. The SMILES string of the molecule is CC(C)C[C@@H]1NC(=O)[C@H](CCCN)NC(=O)[C@H](C(C)C)NC(=O)[C@H](Cc2ccc(O)cc2)NC(=O)[C@H](CCC(N)=O)NC(=O)[C@H](CC(N)=O)NC(=O)[C@@H](Cc2ccccc2)NC(=O)[C@H](Cc2cn(C[C@H]3OC(O)[C@@H](O)[C@@H](O)[C@@H]3O)nn2)NC(=O)[C@@H]2CCCN2C(=O)[C@@H](Cc2ccccc2)NC1=O. The van der Waals surface area contributed by atoms with Crippen molar-refractivity contribution in [1.29, 1.82) is 0 Å². The van der Waals surface area contributed by atoms with E-state index in [1.165, 1.54) is 35.4 Å². The number of ether oxygens (including phenoxy) is 1. The van der Waals surface area contributed by atoms with Gasteiger partial charge in [0.1, 0.15) is 90.6 Å². The van der Waals surface area contributed by atoms with Crippen LogP contribution < -0.4 is 65.1 Å². The maximum Gasteiger partial charge on any atom is 0.246 e. The summed E-state index contributed by atoms with van der Waals surface area (Å²) >= 11 is 0. The number of aliphatic hydroxyl groups is 4. The number of benzene rings is 3. The van der Waals surface area contributed by atoms with E-state index in [0.717, 1.165) is 4.68 Å². The first kappa shape index (κ1) is 79.3. The molecule has 0 aliphatic carbocycles. The number of hydrogen-bond acceptors (Lipinski definition) is 21. The molecule has 15 atom stereocenters. The van der Waals surface area contributed by atoms with Crippen molar-refractivity contribution in [2.24, 2.45) is 29.0 Å². The average molecular weight is 1420 g/mol. The fourth-order valence-corrected chi connectivity index (χ4v) is 12.1. The first-order chi connectivity index (χ1) is 48.5. The molecular formula is C68H94N16O18. The molecule has 0 radical (unpaired) electrons. The predicted octanol–water partition coefficient (Wildman–Crippen LogP) is -5.00. The largest absolute Gasteiger partial charge is 0.508 e. The number of carbonyl (C=O) groups excluding carboxylic acids is 12. The van der Waals surface area contributed by atoms with Gasteiger partial charge in [-0.15, -0.1) is 5.10 Å². The minimum atomic E-state index is -1.95. The lowest BCUT2D eigenvalue weighted by Crippen LogP contribution is -2.62. The molecule has 1 aromatic heterocycles. The Kier molecular flexibility index (Phi) is 29.2. The van der Waals surface area contributed by atoms with E-state index >= 15 is 14.4 Å². The second-order valence-corrected chi connectivity index (χ2v) is 26.6. The number of aliphatic hydroxyl groups excluding tert-OH is 4. The average Bonchev–Trinajstić information content (AvgIpc) is 1.25. The van der Waals surface area contributed by atoms with Crippen LogP contribution in [-0.4, -0.2) is 221 Å². The molecule has 554 valence electrons. The number of nitrogens with one attached hydrogen (secondary N) is 9. The van der Waals surface area contributed by atoms with Crippen LogP contribution in [-0.2, 0) is 94.5 Å². The van der Waals surface area contributed by atoms with Crippen LogP contribution in [0.1, 0.15) is 101 Å². The summed E-state index contributed by atoms with van der Waals surface area (Å²) in [6.07, 6.45) is -10.4. The molecule has 3 aliphatic rings. The first-order valence-corrected chi connectivity index (χ1v) is 33.9. The monoisotopic (exact) mass is 1420 g/mol. The summed E-state index contributed by atoms with van der Waals surface area (Å²) in [5, 5.41) is 83.7. The molecule has 20 N–H and O–H groups in total. The summed E-state index contributed by atoms with van der Waals surface area (Å²) in [7, 11) is 0.